The number of hydrogen-bond donors (Lipinski definition) is 1. The standard InChI is InChI=1S/C17H24N2O7S3/c1-25-15-3-2-13(10-16(15)29(23,24)19-5-7-26-8-6-19)18-17(20)11-27-14-4-9-28(21,22)12-14/h2-3,10,14H,4-9,11-12H2,1H3,(H,18,20)/t14-/m0/s1. The summed E-state index contributed by atoms with van der Waals surface area (Å²) in [6.07, 6.45) is 0.546. The Labute approximate surface area is 175 Å². The lowest BCUT2D eigenvalue weighted by Crippen LogP contribution is -2.40. The number of benzene rings is 1. The molecule has 0 bridgehead atoms. The molecule has 1 atom stereocenters. The predicted molar refractivity (Wildman–Crippen MR) is 111 cm³/mol. The number of morpholine rings is 1. The molecule has 2 fully saturated rings. The van der Waals surface area contributed by atoms with Crippen molar-refractivity contribution in [3.05, 3.63) is 18.2 Å². The number of rotatable bonds is 7. The molecule has 3 rings (SSSR count). The Morgan fingerprint density at radius 1 is 1.34 bits per heavy atom. The van der Waals surface area contributed by atoms with Crippen LogP contribution in [0, 0.1) is 0 Å². The van der Waals surface area contributed by atoms with Crippen LogP contribution in [-0.4, -0.2) is 83.0 Å². The zero-order chi connectivity index (χ0) is 21.1. The predicted octanol–water partition coefficient (Wildman–Crippen LogP) is 0.575. The second-order valence-corrected chi connectivity index (χ2v) is 12.2. The van der Waals surface area contributed by atoms with Crippen LogP contribution >= 0.6 is 11.8 Å². The number of nitrogens with zero attached hydrogens (tertiary/aromatic N) is 1. The van der Waals surface area contributed by atoms with Gasteiger partial charge in [0.15, 0.2) is 9.84 Å². The van der Waals surface area contributed by atoms with Gasteiger partial charge in [0.1, 0.15) is 10.6 Å². The molecule has 2 heterocycles. The quantitative estimate of drug-likeness (QED) is 0.622. The summed E-state index contributed by atoms with van der Waals surface area (Å²) in [7, 11) is -5.40. The zero-order valence-electron chi connectivity index (χ0n) is 16.0. The highest BCUT2D eigenvalue weighted by molar-refractivity contribution is 8.02. The molecular weight excluding hydrogens is 440 g/mol. The van der Waals surface area contributed by atoms with Gasteiger partial charge in [-0.2, -0.15) is 4.31 Å². The molecule has 1 amide bonds. The van der Waals surface area contributed by atoms with E-state index in [0.717, 1.165) is 0 Å². The molecule has 9 nitrogen and oxygen atoms in total. The molecule has 1 aromatic carbocycles. The normalized spacial score (nSPS) is 22.3. The van der Waals surface area contributed by atoms with Crippen LogP contribution in [0.4, 0.5) is 5.69 Å². The number of carbonyl (C=O) groups excluding carboxylic acids is 1. The number of hydrogen-bond acceptors (Lipinski definition) is 8. The second-order valence-electron chi connectivity index (χ2n) is 6.77. The third-order valence-electron chi connectivity index (χ3n) is 4.68. The van der Waals surface area contributed by atoms with Gasteiger partial charge >= 0.3 is 0 Å². The number of methoxy groups -OCH3 is 1. The molecule has 2 aliphatic heterocycles. The van der Waals surface area contributed by atoms with Crippen molar-refractivity contribution in [3.63, 3.8) is 0 Å². The van der Waals surface area contributed by atoms with Crippen molar-refractivity contribution in [1.29, 1.82) is 0 Å². The minimum Gasteiger partial charge on any atom is -0.495 e. The van der Waals surface area contributed by atoms with Gasteiger partial charge in [-0.05, 0) is 24.6 Å². The molecule has 29 heavy (non-hydrogen) atoms. The van der Waals surface area contributed by atoms with Gasteiger partial charge in [-0.3, -0.25) is 4.79 Å². The van der Waals surface area contributed by atoms with E-state index < -0.39 is 19.9 Å². The average molecular weight is 465 g/mol. The van der Waals surface area contributed by atoms with Crippen LogP contribution in [0.1, 0.15) is 6.42 Å². The Kier molecular flexibility index (Phi) is 7.10. The van der Waals surface area contributed by atoms with E-state index in [-0.39, 0.29) is 52.2 Å². The van der Waals surface area contributed by atoms with Crippen LogP contribution in [0.3, 0.4) is 0 Å². The van der Waals surface area contributed by atoms with Crippen molar-refractivity contribution in [2.45, 2.75) is 16.6 Å². The molecule has 0 aliphatic carbocycles. The Bertz CT molecular complexity index is 957. The number of carbonyl (C=O) groups is 1. The summed E-state index contributed by atoms with van der Waals surface area (Å²) >= 11 is 1.30. The van der Waals surface area contributed by atoms with E-state index in [1.807, 2.05) is 0 Å². The molecular formula is C17H24N2O7S3. The number of nitrogens with one attached hydrogen (secondary N) is 1. The van der Waals surface area contributed by atoms with Crippen molar-refractivity contribution < 1.29 is 31.1 Å². The largest absolute Gasteiger partial charge is 0.495 e. The fourth-order valence-corrected chi connectivity index (χ4v) is 8.20. The Balaban J connectivity index is 1.68. The summed E-state index contributed by atoms with van der Waals surface area (Å²) in [5.41, 5.74) is 0.335. The first-order chi connectivity index (χ1) is 13.7. The molecule has 1 N–H and O–H groups in total. The average Bonchev–Trinajstić information content (AvgIpc) is 3.06. The SMILES string of the molecule is COc1ccc(NC(=O)CS[C@H]2CCS(=O)(=O)C2)cc1S(=O)(=O)N1CCOCC1. The van der Waals surface area contributed by atoms with Crippen molar-refractivity contribution in [3.8, 4) is 5.75 Å². The highest BCUT2D eigenvalue weighted by atomic mass is 32.2. The number of ether oxygens (including phenoxy) is 2. The molecule has 0 saturated carbocycles. The van der Waals surface area contributed by atoms with E-state index in [4.69, 9.17) is 9.47 Å². The van der Waals surface area contributed by atoms with Crippen LogP contribution in [0.15, 0.2) is 23.1 Å². The summed E-state index contributed by atoms with van der Waals surface area (Å²) in [6.45, 7) is 1.16. The van der Waals surface area contributed by atoms with Crippen molar-refractivity contribution in [1.82, 2.24) is 4.31 Å². The number of anilines is 1. The van der Waals surface area contributed by atoms with Gasteiger partial charge in [0.05, 0.1) is 37.6 Å². The van der Waals surface area contributed by atoms with E-state index in [9.17, 15) is 21.6 Å². The fourth-order valence-electron chi connectivity index (χ4n) is 3.17. The van der Waals surface area contributed by atoms with Gasteiger partial charge < -0.3 is 14.8 Å². The third-order valence-corrected chi connectivity index (χ3v) is 9.88. The molecule has 0 unspecified atom stereocenters. The minimum absolute atomic E-state index is 0.0192. The van der Waals surface area contributed by atoms with Crippen LogP contribution in [0.5, 0.6) is 5.75 Å². The van der Waals surface area contributed by atoms with E-state index in [1.165, 1.54) is 35.3 Å². The van der Waals surface area contributed by atoms with Crippen LogP contribution < -0.4 is 10.1 Å². The molecule has 12 heteroatoms. The van der Waals surface area contributed by atoms with E-state index >= 15 is 0 Å². The van der Waals surface area contributed by atoms with Gasteiger partial charge in [0, 0.05) is 24.0 Å². The van der Waals surface area contributed by atoms with E-state index in [0.29, 0.717) is 25.3 Å². The van der Waals surface area contributed by atoms with Crippen molar-refractivity contribution in [2.75, 3.05) is 56.0 Å². The lowest BCUT2D eigenvalue weighted by atomic mass is 10.3. The lowest BCUT2D eigenvalue weighted by molar-refractivity contribution is -0.113. The van der Waals surface area contributed by atoms with Gasteiger partial charge in [0.25, 0.3) is 0 Å². The van der Waals surface area contributed by atoms with E-state index in [2.05, 4.69) is 5.32 Å². The molecule has 2 saturated heterocycles. The Morgan fingerprint density at radius 3 is 2.69 bits per heavy atom. The maximum absolute atomic E-state index is 13.0. The van der Waals surface area contributed by atoms with Crippen molar-refractivity contribution in [2.24, 2.45) is 0 Å². The highest BCUT2D eigenvalue weighted by Gasteiger charge is 2.30. The van der Waals surface area contributed by atoms with Gasteiger partial charge in [-0.1, -0.05) is 0 Å². The first-order valence-corrected chi connectivity index (χ1v) is 13.4. The van der Waals surface area contributed by atoms with Gasteiger partial charge in [0.2, 0.25) is 15.9 Å². The maximum Gasteiger partial charge on any atom is 0.246 e. The Morgan fingerprint density at radius 2 is 2.07 bits per heavy atom. The smallest absolute Gasteiger partial charge is 0.246 e. The van der Waals surface area contributed by atoms with Crippen LogP contribution in [0.2, 0.25) is 0 Å². The molecule has 2 aliphatic rings. The highest BCUT2D eigenvalue weighted by Crippen LogP contribution is 2.30. The molecule has 0 aromatic heterocycles. The minimum atomic E-state index is -3.80. The summed E-state index contributed by atoms with van der Waals surface area (Å²) in [5.74, 6) is 0.222. The number of thioether (sulfide) groups is 1. The second kappa shape index (κ2) is 9.21. The first kappa shape index (κ1) is 22.3. The number of amides is 1. The van der Waals surface area contributed by atoms with Crippen LogP contribution in [0.25, 0.3) is 0 Å². The summed E-state index contributed by atoms with van der Waals surface area (Å²) in [4.78, 5) is 12.2. The van der Waals surface area contributed by atoms with Crippen LogP contribution in [-0.2, 0) is 29.4 Å². The third kappa shape index (κ3) is 5.63. The molecule has 162 valence electrons. The zero-order valence-corrected chi connectivity index (χ0v) is 18.4. The Hall–Kier alpha value is -1.34. The molecule has 1 aromatic rings. The van der Waals surface area contributed by atoms with E-state index in [1.54, 1.807) is 6.07 Å². The first-order valence-electron chi connectivity index (χ1n) is 9.09. The molecule has 0 radical (unpaired) electrons. The van der Waals surface area contributed by atoms with Gasteiger partial charge in [-0.25, -0.2) is 16.8 Å². The van der Waals surface area contributed by atoms with Gasteiger partial charge in [-0.15, -0.1) is 11.8 Å². The topological polar surface area (TPSA) is 119 Å². The summed E-state index contributed by atoms with van der Waals surface area (Å²) in [6, 6.07) is 4.45. The summed E-state index contributed by atoms with van der Waals surface area (Å²) < 4.78 is 60.7. The number of sulfonamides is 1. The summed E-state index contributed by atoms with van der Waals surface area (Å²) in [5, 5.41) is 2.60. The monoisotopic (exact) mass is 464 g/mol. The lowest BCUT2D eigenvalue weighted by Gasteiger charge is -2.26. The molecule has 0 spiro atoms. The maximum atomic E-state index is 13.0. The fraction of sp³-hybridized carbons (Fsp3) is 0.588. The number of sulfone groups is 1. The van der Waals surface area contributed by atoms with Crippen molar-refractivity contribution >= 4 is 43.2 Å².